The highest BCUT2D eigenvalue weighted by Crippen LogP contribution is 2.36. The monoisotopic (exact) mass is 386 g/mol. The number of anilines is 1. The van der Waals surface area contributed by atoms with Crippen molar-refractivity contribution in [1.29, 1.82) is 0 Å². The van der Waals surface area contributed by atoms with Crippen LogP contribution >= 0.6 is 11.3 Å². The van der Waals surface area contributed by atoms with E-state index in [-0.39, 0.29) is 17.7 Å². The first-order chi connectivity index (χ1) is 13.0. The molecule has 6 nitrogen and oxygen atoms in total. The molecular formula is C20H22N2O4S. The standard InChI is InChI=1S/C20H22N2O4S/c1-13(23)22-10-8-15(9-11-22)18(24)21-19-17(20(25)26-2)16(12-27-19)14-6-4-3-5-7-14/h3-7,12,15H,8-11H2,1-2H3,(H,21,24). The maximum atomic E-state index is 12.7. The largest absolute Gasteiger partial charge is 0.465 e. The van der Waals surface area contributed by atoms with E-state index < -0.39 is 5.97 Å². The lowest BCUT2D eigenvalue weighted by atomic mass is 9.96. The third-order valence-electron chi connectivity index (χ3n) is 4.81. The molecule has 142 valence electrons. The van der Waals surface area contributed by atoms with E-state index in [0.717, 1.165) is 11.1 Å². The number of carbonyl (C=O) groups excluding carboxylic acids is 3. The predicted octanol–water partition coefficient (Wildman–Crippen LogP) is 3.40. The molecule has 0 unspecified atom stereocenters. The molecule has 3 rings (SSSR count). The second-order valence-corrected chi connectivity index (χ2v) is 7.36. The second-order valence-electron chi connectivity index (χ2n) is 6.48. The van der Waals surface area contributed by atoms with E-state index in [1.165, 1.54) is 18.4 Å². The second kappa shape index (κ2) is 8.35. The highest BCUT2D eigenvalue weighted by Gasteiger charge is 2.28. The first-order valence-corrected chi connectivity index (χ1v) is 9.70. The molecule has 1 saturated heterocycles. The maximum Gasteiger partial charge on any atom is 0.341 e. The van der Waals surface area contributed by atoms with Crippen molar-refractivity contribution < 1.29 is 19.1 Å². The Bertz CT molecular complexity index is 839. The van der Waals surface area contributed by atoms with E-state index in [9.17, 15) is 14.4 Å². The topological polar surface area (TPSA) is 75.7 Å². The quantitative estimate of drug-likeness (QED) is 0.817. The minimum Gasteiger partial charge on any atom is -0.465 e. The Balaban J connectivity index is 1.79. The van der Waals surface area contributed by atoms with Crippen LogP contribution in [0.3, 0.4) is 0 Å². The predicted molar refractivity (Wildman–Crippen MR) is 105 cm³/mol. The van der Waals surface area contributed by atoms with Gasteiger partial charge in [-0.3, -0.25) is 9.59 Å². The van der Waals surface area contributed by atoms with Gasteiger partial charge in [0.15, 0.2) is 0 Å². The highest BCUT2D eigenvalue weighted by molar-refractivity contribution is 7.15. The Labute approximate surface area is 162 Å². The van der Waals surface area contributed by atoms with Crippen molar-refractivity contribution >= 4 is 34.1 Å². The first-order valence-electron chi connectivity index (χ1n) is 8.83. The molecule has 0 atom stereocenters. The molecular weight excluding hydrogens is 364 g/mol. The third kappa shape index (κ3) is 4.19. The summed E-state index contributed by atoms with van der Waals surface area (Å²) in [6, 6.07) is 9.53. The van der Waals surface area contributed by atoms with Crippen LogP contribution in [-0.4, -0.2) is 42.9 Å². The average molecular weight is 386 g/mol. The minimum atomic E-state index is -0.475. The smallest absolute Gasteiger partial charge is 0.341 e. The fraction of sp³-hybridized carbons (Fsp3) is 0.350. The molecule has 0 saturated carbocycles. The van der Waals surface area contributed by atoms with Gasteiger partial charge in [0, 0.05) is 36.9 Å². The number of piperidine rings is 1. The van der Waals surface area contributed by atoms with Gasteiger partial charge < -0.3 is 15.0 Å². The van der Waals surface area contributed by atoms with Crippen LogP contribution in [0.4, 0.5) is 5.00 Å². The number of hydrogen-bond acceptors (Lipinski definition) is 5. The number of carbonyl (C=O) groups is 3. The number of likely N-dealkylation sites (tertiary alicyclic amines) is 1. The lowest BCUT2D eigenvalue weighted by Crippen LogP contribution is -2.40. The van der Waals surface area contributed by atoms with Crippen LogP contribution in [0.5, 0.6) is 0 Å². The summed E-state index contributed by atoms with van der Waals surface area (Å²) < 4.78 is 4.94. The number of amides is 2. The van der Waals surface area contributed by atoms with Gasteiger partial charge in [0.05, 0.1) is 7.11 Å². The molecule has 2 heterocycles. The molecule has 0 radical (unpaired) electrons. The average Bonchev–Trinajstić information content (AvgIpc) is 3.11. The normalized spacial score (nSPS) is 14.7. The van der Waals surface area contributed by atoms with Crippen LogP contribution < -0.4 is 5.32 Å². The van der Waals surface area contributed by atoms with Gasteiger partial charge in [0.1, 0.15) is 10.6 Å². The Morgan fingerprint density at radius 1 is 1.15 bits per heavy atom. The number of rotatable bonds is 4. The molecule has 0 aliphatic carbocycles. The van der Waals surface area contributed by atoms with Gasteiger partial charge in [-0.05, 0) is 18.4 Å². The Morgan fingerprint density at radius 3 is 2.41 bits per heavy atom. The summed E-state index contributed by atoms with van der Waals surface area (Å²) in [6.45, 7) is 2.70. The van der Waals surface area contributed by atoms with E-state index in [0.29, 0.717) is 36.5 Å². The number of ether oxygens (including phenoxy) is 1. The van der Waals surface area contributed by atoms with Crippen molar-refractivity contribution in [3.8, 4) is 11.1 Å². The van der Waals surface area contributed by atoms with Crippen molar-refractivity contribution in [3.05, 3.63) is 41.3 Å². The summed E-state index contributed by atoms with van der Waals surface area (Å²) >= 11 is 1.32. The third-order valence-corrected chi connectivity index (χ3v) is 5.71. The number of methoxy groups -OCH3 is 1. The van der Waals surface area contributed by atoms with Crippen LogP contribution in [0.25, 0.3) is 11.1 Å². The molecule has 7 heteroatoms. The molecule has 1 fully saturated rings. The summed E-state index contributed by atoms with van der Waals surface area (Å²) in [7, 11) is 1.33. The van der Waals surface area contributed by atoms with Crippen molar-refractivity contribution in [2.24, 2.45) is 5.92 Å². The van der Waals surface area contributed by atoms with Crippen LogP contribution in [0, 0.1) is 5.92 Å². The van der Waals surface area contributed by atoms with Gasteiger partial charge in [-0.1, -0.05) is 30.3 Å². The van der Waals surface area contributed by atoms with Gasteiger partial charge in [0.2, 0.25) is 11.8 Å². The van der Waals surface area contributed by atoms with Crippen molar-refractivity contribution in [1.82, 2.24) is 4.90 Å². The SMILES string of the molecule is COC(=O)c1c(-c2ccccc2)csc1NC(=O)C1CCN(C(C)=O)CC1. The lowest BCUT2D eigenvalue weighted by Gasteiger charge is -2.30. The molecule has 1 aliphatic heterocycles. The van der Waals surface area contributed by atoms with Crippen molar-refractivity contribution in [3.63, 3.8) is 0 Å². The highest BCUT2D eigenvalue weighted by atomic mass is 32.1. The van der Waals surface area contributed by atoms with Gasteiger partial charge in [-0.25, -0.2) is 4.79 Å². The molecule has 1 aromatic heterocycles. The van der Waals surface area contributed by atoms with E-state index in [1.54, 1.807) is 11.8 Å². The Morgan fingerprint density at radius 2 is 1.81 bits per heavy atom. The lowest BCUT2D eigenvalue weighted by molar-refractivity contribution is -0.132. The van der Waals surface area contributed by atoms with Crippen LogP contribution in [0.1, 0.15) is 30.1 Å². The summed E-state index contributed by atoms with van der Waals surface area (Å²) in [5.41, 5.74) is 2.02. The van der Waals surface area contributed by atoms with E-state index in [4.69, 9.17) is 4.74 Å². The first kappa shape index (κ1) is 19.1. The van der Waals surface area contributed by atoms with E-state index >= 15 is 0 Å². The number of thiophene rings is 1. The molecule has 0 spiro atoms. The molecule has 1 aromatic carbocycles. The molecule has 27 heavy (non-hydrogen) atoms. The van der Waals surface area contributed by atoms with Crippen molar-refractivity contribution in [2.75, 3.05) is 25.5 Å². The van der Waals surface area contributed by atoms with E-state index in [1.807, 2.05) is 35.7 Å². The molecule has 2 amide bonds. The molecule has 1 N–H and O–H groups in total. The summed E-state index contributed by atoms with van der Waals surface area (Å²) in [5, 5.41) is 5.26. The number of benzene rings is 1. The van der Waals surface area contributed by atoms with Gasteiger partial charge in [-0.15, -0.1) is 11.3 Å². The summed E-state index contributed by atoms with van der Waals surface area (Å²) in [4.78, 5) is 38.2. The van der Waals surface area contributed by atoms with Crippen LogP contribution in [0.2, 0.25) is 0 Å². The fourth-order valence-electron chi connectivity index (χ4n) is 3.26. The van der Waals surface area contributed by atoms with Gasteiger partial charge in [-0.2, -0.15) is 0 Å². The maximum absolute atomic E-state index is 12.7. The molecule has 0 bridgehead atoms. The van der Waals surface area contributed by atoms with Gasteiger partial charge >= 0.3 is 5.97 Å². The van der Waals surface area contributed by atoms with Crippen LogP contribution in [-0.2, 0) is 14.3 Å². The zero-order valence-electron chi connectivity index (χ0n) is 15.4. The molecule has 2 aromatic rings. The Kier molecular flexibility index (Phi) is 5.91. The van der Waals surface area contributed by atoms with Crippen molar-refractivity contribution in [2.45, 2.75) is 19.8 Å². The fourth-order valence-corrected chi connectivity index (χ4v) is 4.22. The Hall–Kier alpha value is -2.67. The van der Waals surface area contributed by atoms with Crippen LogP contribution in [0.15, 0.2) is 35.7 Å². The summed E-state index contributed by atoms with van der Waals surface area (Å²) in [5.74, 6) is -0.734. The number of hydrogen-bond donors (Lipinski definition) is 1. The minimum absolute atomic E-state index is 0.0348. The molecule has 1 aliphatic rings. The number of nitrogens with one attached hydrogen (secondary N) is 1. The zero-order valence-corrected chi connectivity index (χ0v) is 16.2. The zero-order chi connectivity index (χ0) is 19.4. The number of nitrogens with zero attached hydrogens (tertiary/aromatic N) is 1. The van der Waals surface area contributed by atoms with Gasteiger partial charge in [0.25, 0.3) is 0 Å². The van der Waals surface area contributed by atoms with E-state index in [2.05, 4.69) is 5.32 Å². The summed E-state index contributed by atoms with van der Waals surface area (Å²) in [6.07, 6.45) is 1.24. The number of esters is 1.